The molecule has 2 heterocycles. The molecule has 1 aliphatic rings. The largest absolute Gasteiger partial charge is 0.392 e. The molecule has 2 N–H and O–H groups in total. The summed E-state index contributed by atoms with van der Waals surface area (Å²) in [6, 6.07) is -0.0812. The maximum atomic E-state index is 12.5. The number of aromatic nitrogens is 2. The zero-order valence-corrected chi connectivity index (χ0v) is 11.9. The molecule has 0 aliphatic carbocycles. The molecule has 0 bridgehead atoms. The minimum Gasteiger partial charge on any atom is -0.392 e. The molecule has 1 aliphatic heterocycles. The minimum atomic E-state index is -3.69. The summed E-state index contributed by atoms with van der Waals surface area (Å²) in [7, 11) is -2.13. The Morgan fingerprint density at radius 2 is 2.11 bits per heavy atom. The van der Waals surface area contributed by atoms with Crippen LogP contribution in [-0.2, 0) is 21.4 Å². The van der Waals surface area contributed by atoms with Gasteiger partial charge < -0.3 is 9.84 Å². The van der Waals surface area contributed by atoms with Crippen molar-refractivity contribution in [2.24, 2.45) is 0 Å². The summed E-state index contributed by atoms with van der Waals surface area (Å²) in [5.41, 5.74) is 0.903. The molecular weight excluding hydrogens is 270 g/mol. The number of H-pyrrole nitrogens is 1. The molecule has 7 nitrogen and oxygen atoms in total. The number of aliphatic hydroxyl groups excluding tert-OH is 1. The van der Waals surface area contributed by atoms with Gasteiger partial charge in [-0.15, -0.1) is 0 Å². The molecule has 0 unspecified atom stereocenters. The van der Waals surface area contributed by atoms with E-state index in [4.69, 9.17) is 4.74 Å². The van der Waals surface area contributed by atoms with Crippen molar-refractivity contribution in [2.75, 3.05) is 20.3 Å². The topological polar surface area (TPSA) is 95.5 Å². The van der Waals surface area contributed by atoms with Gasteiger partial charge in [-0.25, -0.2) is 8.42 Å². The molecule has 19 heavy (non-hydrogen) atoms. The Balaban J connectivity index is 2.30. The van der Waals surface area contributed by atoms with Crippen LogP contribution in [-0.4, -0.2) is 54.3 Å². The molecule has 0 radical (unpaired) electrons. The van der Waals surface area contributed by atoms with Crippen molar-refractivity contribution in [3.8, 4) is 0 Å². The van der Waals surface area contributed by atoms with Crippen LogP contribution in [0.3, 0.4) is 0 Å². The second-order valence-corrected chi connectivity index (χ2v) is 6.57. The van der Waals surface area contributed by atoms with E-state index in [-0.39, 0.29) is 17.7 Å². The first-order chi connectivity index (χ1) is 8.98. The number of aliphatic hydroxyl groups is 1. The van der Waals surface area contributed by atoms with E-state index in [1.54, 1.807) is 14.0 Å². The van der Waals surface area contributed by atoms with Crippen molar-refractivity contribution < 1.29 is 18.3 Å². The summed E-state index contributed by atoms with van der Waals surface area (Å²) in [6.45, 7) is 2.47. The van der Waals surface area contributed by atoms with Crippen molar-refractivity contribution >= 4 is 10.0 Å². The van der Waals surface area contributed by atoms with E-state index < -0.39 is 10.0 Å². The fourth-order valence-electron chi connectivity index (χ4n) is 2.21. The SMILES string of the molecule is Cc1[nH]nc(S(=O)(=O)N(C)C2CCOCC2)c1CO. The molecule has 0 spiro atoms. The van der Waals surface area contributed by atoms with E-state index in [9.17, 15) is 13.5 Å². The maximum absolute atomic E-state index is 12.5. The Bertz CT molecular complexity index is 534. The van der Waals surface area contributed by atoms with Crippen LogP contribution < -0.4 is 0 Å². The second kappa shape index (κ2) is 5.58. The van der Waals surface area contributed by atoms with Gasteiger partial charge in [-0.05, 0) is 19.8 Å². The first kappa shape index (κ1) is 14.4. The van der Waals surface area contributed by atoms with Gasteiger partial charge in [0.2, 0.25) is 0 Å². The summed E-state index contributed by atoms with van der Waals surface area (Å²) < 4.78 is 31.6. The van der Waals surface area contributed by atoms with Gasteiger partial charge in [0.05, 0.1) is 6.61 Å². The Morgan fingerprint density at radius 1 is 1.47 bits per heavy atom. The average Bonchev–Trinajstić information content (AvgIpc) is 2.80. The standard InChI is InChI=1S/C11H19N3O4S/c1-8-10(7-15)11(13-12-8)19(16,17)14(2)9-3-5-18-6-4-9/h9,15H,3-7H2,1-2H3,(H,12,13). The van der Waals surface area contributed by atoms with Gasteiger partial charge >= 0.3 is 0 Å². The van der Waals surface area contributed by atoms with Crippen molar-refractivity contribution in [3.63, 3.8) is 0 Å². The Labute approximate surface area is 112 Å². The highest BCUT2D eigenvalue weighted by molar-refractivity contribution is 7.89. The Morgan fingerprint density at radius 3 is 2.68 bits per heavy atom. The number of aryl methyl sites for hydroxylation is 1. The van der Waals surface area contributed by atoms with Crippen molar-refractivity contribution in [2.45, 2.75) is 37.4 Å². The summed E-state index contributed by atoms with van der Waals surface area (Å²) in [6.07, 6.45) is 1.35. The average molecular weight is 289 g/mol. The van der Waals surface area contributed by atoms with Gasteiger partial charge in [-0.3, -0.25) is 5.10 Å². The number of aromatic amines is 1. The van der Waals surface area contributed by atoms with E-state index in [0.717, 1.165) is 0 Å². The first-order valence-electron chi connectivity index (χ1n) is 6.19. The Kier molecular flexibility index (Phi) is 4.24. The number of hydrogen-bond acceptors (Lipinski definition) is 5. The van der Waals surface area contributed by atoms with Gasteiger partial charge in [-0.1, -0.05) is 0 Å². The summed E-state index contributed by atoms with van der Waals surface area (Å²) in [4.78, 5) is 0. The van der Waals surface area contributed by atoms with E-state index in [1.807, 2.05) is 0 Å². The predicted molar refractivity (Wildman–Crippen MR) is 68.0 cm³/mol. The molecule has 0 atom stereocenters. The smallest absolute Gasteiger partial charge is 0.262 e. The quantitative estimate of drug-likeness (QED) is 0.814. The van der Waals surface area contributed by atoms with E-state index in [1.165, 1.54) is 4.31 Å². The summed E-state index contributed by atoms with van der Waals surface area (Å²) in [5.74, 6) is 0. The van der Waals surface area contributed by atoms with Gasteiger partial charge in [0.15, 0.2) is 5.03 Å². The molecule has 8 heteroatoms. The van der Waals surface area contributed by atoms with Gasteiger partial charge in [0.25, 0.3) is 10.0 Å². The Hall–Kier alpha value is -0.960. The molecule has 0 aromatic carbocycles. The zero-order chi connectivity index (χ0) is 14.0. The van der Waals surface area contributed by atoms with Crippen LogP contribution in [0.2, 0.25) is 0 Å². The fraction of sp³-hybridized carbons (Fsp3) is 0.727. The number of rotatable bonds is 4. The molecule has 0 saturated carbocycles. The normalized spacial score (nSPS) is 18.1. The van der Waals surface area contributed by atoms with Crippen molar-refractivity contribution in [1.82, 2.24) is 14.5 Å². The monoisotopic (exact) mass is 289 g/mol. The molecule has 1 fully saturated rings. The third-order valence-electron chi connectivity index (χ3n) is 3.52. The van der Waals surface area contributed by atoms with Crippen LogP contribution in [0.4, 0.5) is 0 Å². The van der Waals surface area contributed by atoms with Crippen LogP contribution in [0.5, 0.6) is 0 Å². The third kappa shape index (κ3) is 2.66. The highest BCUT2D eigenvalue weighted by Crippen LogP contribution is 2.24. The molecule has 108 valence electrons. The van der Waals surface area contributed by atoms with E-state index in [0.29, 0.717) is 37.3 Å². The lowest BCUT2D eigenvalue weighted by Gasteiger charge is -2.29. The predicted octanol–water partition coefficient (Wildman–Crippen LogP) is 0.00992. The van der Waals surface area contributed by atoms with Gasteiger partial charge in [0, 0.05) is 37.6 Å². The maximum Gasteiger partial charge on any atom is 0.262 e. The van der Waals surface area contributed by atoms with Crippen LogP contribution >= 0.6 is 0 Å². The minimum absolute atomic E-state index is 0.0812. The number of ether oxygens (including phenoxy) is 1. The fourth-order valence-corrected chi connectivity index (χ4v) is 3.78. The summed E-state index contributed by atoms with van der Waals surface area (Å²) in [5, 5.41) is 15.6. The molecule has 1 aromatic heterocycles. The van der Waals surface area contributed by atoms with Crippen LogP contribution in [0.1, 0.15) is 24.1 Å². The van der Waals surface area contributed by atoms with Crippen molar-refractivity contribution in [1.29, 1.82) is 0 Å². The van der Waals surface area contributed by atoms with Crippen LogP contribution in [0.15, 0.2) is 5.03 Å². The molecule has 1 saturated heterocycles. The van der Waals surface area contributed by atoms with Gasteiger partial charge in [0.1, 0.15) is 0 Å². The number of sulfonamides is 1. The summed E-state index contributed by atoms with van der Waals surface area (Å²) >= 11 is 0. The third-order valence-corrected chi connectivity index (χ3v) is 5.41. The lowest BCUT2D eigenvalue weighted by molar-refractivity contribution is 0.0631. The molecular formula is C11H19N3O4S. The number of nitrogens with zero attached hydrogens (tertiary/aromatic N) is 2. The highest BCUT2D eigenvalue weighted by Gasteiger charge is 2.33. The van der Waals surface area contributed by atoms with Gasteiger partial charge in [-0.2, -0.15) is 9.40 Å². The lowest BCUT2D eigenvalue weighted by atomic mass is 10.1. The molecule has 1 aromatic rings. The van der Waals surface area contributed by atoms with E-state index in [2.05, 4.69) is 10.2 Å². The zero-order valence-electron chi connectivity index (χ0n) is 11.1. The van der Waals surface area contributed by atoms with Crippen molar-refractivity contribution in [3.05, 3.63) is 11.3 Å². The lowest BCUT2D eigenvalue weighted by Crippen LogP contribution is -2.41. The molecule has 2 rings (SSSR count). The van der Waals surface area contributed by atoms with Crippen LogP contribution in [0.25, 0.3) is 0 Å². The molecule has 0 amide bonds. The highest BCUT2D eigenvalue weighted by atomic mass is 32.2. The second-order valence-electron chi connectivity index (χ2n) is 4.66. The van der Waals surface area contributed by atoms with Crippen LogP contribution in [0, 0.1) is 6.92 Å². The number of hydrogen-bond donors (Lipinski definition) is 2. The number of nitrogens with one attached hydrogen (secondary N) is 1. The van der Waals surface area contributed by atoms with E-state index >= 15 is 0 Å². The first-order valence-corrected chi connectivity index (χ1v) is 7.63.